The molecule has 0 spiro atoms. The lowest BCUT2D eigenvalue weighted by Gasteiger charge is -2.18. The summed E-state index contributed by atoms with van der Waals surface area (Å²) in [5, 5.41) is 9.00. The van der Waals surface area contributed by atoms with Gasteiger partial charge in [0.05, 0.1) is 14.2 Å². The van der Waals surface area contributed by atoms with E-state index in [1.54, 1.807) is 87.2 Å². The number of fused-ring (bicyclic) bond motifs is 1. The van der Waals surface area contributed by atoms with Gasteiger partial charge in [-0.15, -0.1) is 11.8 Å². The van der Waals surface area contributed by atoms with Crippen molar-refractivity contribution in [1.82, 2.24) is 10.3 Å². The van der Waals surface area contributed by atoms with Crippen LogP contribution in [-0.2, 0) is 9.59 Å². The molecule has 10 heteroatoms. The number of methoxy groups -OCH3 is 2. The van der Waals surface area contributed by atoms with Gasteiger partial charge >= 0.3 is 0 Å². The third kappa shape index (κ3) is 8.23. The number of aromatic amines is 1. The number of hydrogen-bond acceptors (Lipinski definition) is 6. The first kappa shape index (κ1) is 33.6. The molecule has 50 heavy (non-hydrogen) atoms. The van der Waals surface area contributed by atoms with Crippen LogP contribution < -0.4 is 25.4 Å². The van der Waals surface area contributed by atoms with Crippen molar-refractivity contribution in [1.29, 1.82) is 0 Å². The molecule has 0 aliphatic rings. The SMILES string of the molecule is COc1cc(NC(=O)C(Sc2cccc(NC(=O)/C(=C/c3c[nH]c4ccccc34)NC(=O)c3ccccc3)c2)c2ccccc2)cc(OC)c1. The van der Waals surface area contributed by atoms with Crippen LogP contribution in [0.25, 0.3) is 17.0 Å². The average molecular weight is 683 g/mol. The molecule has 0 aliphatic carbocycles. The van der Waals surface area contributed by atoms with Crippen LogP contribution in [-0.4, -0.2) is 36.9 Å². The van der Waals surface area contributed by atoms with Crippen molar-refractivity contribution >= 4 is 57.8 Å². The predicted octanol–water partition coefficient (Wildman–Crippen LogP) is 8.07. The summed E-state index contributed by atoms with van der Waals surface area (Å²) in [6.45, 7) is 0. The van der Waals surface area contributed by atoms with Crippen LogP contribution in [0.4, 0.5) is 11.4 Å². The third-order valence-corrected chi connectivity index (χ3v) is 9.00. The summed E-state index contributed by atoms with van der Waals surface area (Å²) in [6.07, 6.45) is 3.44. The lowest BCUT2D eigenvalue weighted by atomic mass is 10.1. The molecule has 0 radical (unpaired) electrons. The first-order chi connectivity index (χ1) is 24.4. The highest BCUT2D eigenvalue weighted by atomic mass is 32.2. The molecule has 3 amide bonds. The van der Waals surface area contributed by atoms with Crippen LogP contribution in [0.2, 0.25) is 0 Å². The number of rotatable bonds is 12. The minimum Gasteiger partial charge on any atom is -0.497 e. The van der Waals surface area contributed by atoms with E-state index in [0.29, 0.717) is 28.4 Å². The molecule has 0 saturated heterocycles. The highest BCUT2D eigenvalue weighted by Gasteiger charge is 2.23. The second-order valence-corrected chi connectivity index (χ2v) is 12.3. The smallest absolute Gasteiger partial charge is 0.272 e. The Balaban J connectivity index is 1.25. The molecule has 6 aromatic rings. The highest BCUT2D eigenvalue weighted by Crippen LogP contribution is 2.38. The van der Waals surface area contributed by atoms with Gasteiger partial charge < -0.3 is 30.4 Å². The molecule has 250 valence electrons. The number of thioether (sulfide) groups is 1. The van der Waals surface area contributed by atoms with Gasteiger partial charge in [-0.25, -0.2) is 0 Å². The quantitative estimate of drug-likeness (QED) is 0.0766. The summed E-state index contributed by atoms with van der Waals surface area (Å²) in [5.41, 5.74) is 3.95. The van der Waals surface area contributed by atoms with E-state index in [4.69, 9.17) is 9.47 Å². The molecule has 9 nitrogen and oxygen atoms in total. The Bertz CT molecular complexity index is 2140. The topological polar surface area (TPSA) is 122 Å². The van der Waals surface area contributed by atoms with Crippen LogP contribution >= 0.6 is 11.8 Å². The maximum Gasteiger partial charge on any atom is 0.272 e. The minimum atomic E-state index is -0.637. The lowest BCUT2D eigenvalue weighted by molar-refractivity contribution is -0.116. The number of carbonyl (C=O) groups is 3. The first-order valence-corrected chi connectivity index (χ1v) is 16.6. The van der Waals surface area contributed by atoms with Crippen molar-refractivity contribution in [2.75, 3.05) is 24.9 Å². The average Bonchev–Trinajstić information content (AvgIpc) is 3.56. The van der Waals surface area contributed by atoms with E-state index < -0.39 is 17.1 Å². The van der Waals surface area contributed by atoms with Crippen LogP contribution in [0.5, 0.6) is 11.5 Å². The zero-order valence-corrected chi connectivity index (χ0v) is 28.1. The van der Waals surface area contributed by atoms with Crippen LogP contribution in [0, 0.1) is 0 Å². The zero-order chi connectivity index (χ0) is 34.9. The number of para-hydroxylation sites is 1. The Morgan fingerprint density at radius 2 is 1.40 bits per heavy atom. The van der Waals surface area contributed by atoms with Crippen molar-refractivity contribution < 1.29 is 23.9 Å². The zero-order valence-electron chi connectivity index (χ0n) is 27.3. The maximum absolute atomic E-state index is 13.8. The van der Waals surface area contributed by atoms with Gasteiger partial charge in [0, 0.05) is 62.7 Å². The van der Waals surface area contributed by atoms with Crippen molar-refractivity contribution in [3.05, 3.63) is 156 Å². The molecule has 1 aromatic heterocycles. The molecular weight excluding hydrogens is 649 g/mol. The molecule has 6 rings (SSSR count). The number of hydrogen-bond donors (Lipinski definition) is 4. The van der Waals surface area contributed by atoms with Gasteiger partial charge in [0.25, 0.3) is 11.8 Å². The Kier molecular flexibility index (Phi) is 10.6. The van der Waals surface area contributed by atoms with Crippen molar-refractivity contribution in [3.63, 3.8) is 0 Å². The van der Waals surface area contributed by atoms with E-state index in [1.165, 1.54) is 11.8 Å². The molecule has 5 aromatic carbocycles. The maximum atomic E-state index is 13.8. The summed E-state index contributed by atoms with van der Waals surface area (Å²) in [6, 6.07) is 38.3. The summed E-state index contributed by atoms with van der Waals surface area (Å²) >= 11 is 1.34. The van der Waals surface area contributed by atoms with E-state index in [1.807, 2.05) is 66.7 Å². The number of amides is 3. The Hall–Kier alpha value is -6.26. The standard InChI is InChI=1S/C40H34N4O5S/c1-48-31-21-30(22-32(24-31)49-2)43-40(47)37(26-12-5-3-6-13-26)50-33-17-11-16-29(23-33)42-39(46)36(44-38(45)27-14-7-4-8-15-27)20-28-25-41-35-19-10-9-18-34(28)35/h3-25,37,41H,1-2H3,(H,42,46)(H,43,47)(H,44,45)/b36-20-. The molecule has 1 atom stereocenters. The van der Waals surface area contributed by atoms with Gasteiger partial charge in [0.15, 0.2) is 0 Å². The molecule has 1 heterocycles. The molecule has 4 N–H and O–H groups in total. The first-order valence-electron chi connectivity index (χ1n) is 15.7. The fourth-order valence-electron chi connectivity index (χ4n) is 5.28. The molecule has 0 bridgehead atoms. The van der Waals surface area contributed by atoms with E-state index in [-0.39, 0.29) is 11.6 Å². The molecule has 0 aliphatic heterocycles. The van der Waals surface area contributed by atoms with Gasteiger partial charge in [-0.05, 0) is 48.0 Å². The summed E-state index contributed by atoms with van der Waals surface area (Å²) < 4.78 is 10.7. The van der Waals surface area contributed by atoms with E-state index >= 15 is 0 Å². The molecule has 0 fully saturated rings. The fourth-order valence-corrected chi connectivity index (χ4v) is 6.36. The van der Waals surface area contributed by atoms with E-state index in [2.05, 4.69) is 20.9 Å². The molecule has 0 saturated carbocycles. The van der Waals surface area contributed by atoms with Crippen molar-refractivity contribution in [3.8, 4) is 11.5 Å². The van der Waals surface area contributed by atoms with Crippen molar-refractivity contribution in [2.45, 2.75) is 10.1 Å². The van der Waals surface area contributed by atoms with Gasteiger partial charge in [-0.3, -0.25) is 14.4 Å². The normalized spacial score (nSPS) is 11.8. The number of H-pyrrole nitrogens is 1. The second kappa shape index (κ2) is 15.8. The summed E-state index contributed by atoms with van der Waals surface area (Å²) in [4.78, 5) is 44.7. The van der Waals surface area contributed by atoms with Crippen molar-refractivity contribution in [2.24, 2.45) is 0 Å². The fraction of sp³-hybridized carbons (Fsp3) is 0.0750. The van der Waals surface area contributed by atoms with E-state index in [9.17, 15) is 14.4 Å². The summed E-state index contributed by atoms with van der Waals surface area (Å²) in [5.74, 6) is -0.0822. The largest absolute Gasteiger partial charge is 0.497 e. The van der Waals surface area contributed by atoms with E-state index in [0.717, 1.165) is 26.9 Å². The highest BCUT2D eigenvalue weighted by molar-refractivity contribution is 8.00. The van der Waals surface area contributed by atoms with Gasteiger partial charge in [0.2, 0.25) is 5.91 Å². The van der Waals surface area contributed by atoms with Crippen LogP contribution in [0.15, 0.2) is 144 Å². The minimum absolute atomic E-state index is 0.0666. The Morgan fingerprint density at radius 1 is 0.720 bits per heavy atom. The van der Waals surface area contributed by atoms with Crippen LogP contribution in [0.3, 0.4) is 0 Å². The second-order valence-electron chi connectivity index (χ2n) is 11.1. The monoisotopic (exact) mass is 682 g/mol. The number of aromatic nitrogens is 1. The number of carbonyl (C=O) groups excluding carboxylic acids is 3. The molecule has 1 unspecified atom stereocenters. The molecular formula is C40H34N4O5S. The number of nitrogens with one attached hydrogen (secondary N) is 4. The number of benzene rings is 5. The Labute approximate surface area is 293 Å². The van der Waals surface area contributed by atoms with Gasteiger partial charge in [-0.1, -0.05) is 72.8 Å². The third-order valence-electron chi connectivity index (χ3n) is 7.76. The lowest BCUT2D eigenvalue weighted by Crippen LogP contribution is -2.30. The predicted molar refractivity (Wildman–Crippen MR) is 198 cm³/mol. The van der Waals surface area contributed by atoms with Crippen LogP contribution in [0.1, 0.15) is 26.7 Å². The van der Waals surface area contributed by atoms with Gasteiger partial charge in [-0.2, -0.15) is 0 Å². The Morgan fingerprint density at radius 3 is 2.12 bits per heavy atom. The number of ether oxygens (including phenoxy) is 2. The number of anilines is 2. The summed E-state index contributed by atoms with van der Waals surface area (Å²) in [7, 11) is 3.10. The van der Waals surface area contributed by atoms with Gasteiger partial charge in [0.1, 0.15) is 22.4 Å².